The second kappa shape index (κ2) is 12.3. The molecule has 0 unspecified atom stereocenters. The van der Waals surface area contributed by atoms with E-state index in [4.69, 9.17) is 14.2 Å². The zero-order chi connectivity index (χ0) is 27.0. The second-order valence-corrected chi connectivity index (χ2v) is 11.1. The number of ether oxygens (including phenoxy) is 3. The Bertz CT molecular complexity index is 1460. The molecule has 0 bridgehead atoms. The molecule has 1 heterocycles. The molecule has 0 spiro atoms. The molecule has 1 N–H and O–H groups in total. The summed E-state index contributed by atoms with van der Waals surface area (Å²) in [5, 5.41) is 19.0. The van der Waals surface area contributed by atoms with Crippen LogP contribution in [-0.4, -0.2) is 51.1 Å². The summed E-state index contributed by atoms with van der Waals surface area (Å²) in [4.78, 5) is 12.5. The summed E-state index contributed by atoms with van der Waals surface area (Å²) in [6, 6.07) is 12.8. The molecule has 10 nitrogen and oxygen atoms in total. The van der Waals surface area contributed by atoms with E-state index < -0.39 is 15.7 Å². The molecule has 194 valence electrons. The van der Waals surface area contributed by atoms with E-state index in [1.165, 1.54) is 24.3 Å². The van der Waals surface area contributed by atoms with Crippen molar-refractivity contribution >= 4 is 38.3 Å². The number of amides is 1. The van der Waals surface area contributed by atoms with Crippen LogP contribution < -0.4 is 19.5 Å². The van der Waals surface area contributed by atoms with Gasteiger partial charge in [-0.15, -0.1) is 10.2 Å². The minimum absolute atomic E-state index is 0.0330. The molecule has 12 heteroatoms. The maximum atomic E-state index is 12.5. The SMILES string of the molecule is COc1cc(C=C(C#N)C(=O)Nc2nnc(S(C)(=O)=O)s2)ccc1OCCCOc1ccc(C)c(C)c1. The third-order valence-corrected chi connectivity index (χ3v) is 7.61. The van der Waals surface area contributed by atoms with Gasteiger partial charge in [0.25, 0.3) is 5.91 Å². The van der Waals surface area contributed by atoms with Gasteiger partial charge in [0, 0.05) is 12.7 Å². The Morgan fingerprint density at radius 2 is 1.84 bits per heavy atom. The molecule has 0 aliphatic carbocycles. The lowest BCUT2D eigenvalue weighted by atomic mass is 10.1. The first-order valence-electron chi connectivity index (χ1n) is 11.1. The van der Waals surface area contributed by atoms with Crippen molar-refractivity contribution in [3.63, 3.8) is 0 Å². The second-order valence-electron chi connectivity index (χ2n) is 7.98. The maximum Gasteiger partial charge on any atom is 0.268 e. The molecule has 1 amide bonds. The largest absolute Gasteiger partial charge is 0.493 e. The van der Waals surface area contributed by atoms with Crippen molar-refractivity contribution < 1.29 is 27.4 Å². The van der Waals surface area contributed by atoms with Crippen molar-refractivity contribution in [3.05, 3.63) is 58.7 Å². The molecular weight excluding hydrogens is 516 g/mol. The van der Waals surface area contributed by atoms with Crippen LogP contribution in [0.25, 0.3) is 6.08 Å². The number of hydrogen-bond acceptors (Lipinski definition) is 10. The van der Waals surface area contributed by atoms with Crippen LogP contribution >= 0.6 is 11.3 Å². The van der Waals surface area contributed by atoms with Gasteiger partial charge < -0.3 is 14.2 Å². The van der Waals surface area contributed by atoms with E-state index in [0.717, 1.165) is 12.0 Å². The highest BCUT2D eigenvalue weighted by Gasteiger charge is 2.17. The summed E-state index contributed by atoms with van der Waals surface area (Å²) in [5.74, 6) is 1.01. The molecule has 0 aliphatic rings. The third-order valence-electron chi connectivity index (χ3n) is 5.10. The van der Waals surface area contributed by atoms with E-state index in [9.17, 15) is 18.5 Å². The predicted octanol–water partition coefficient (Wildman–Crippen LogP) is 3.96. The van der Waals surface area contributed by atoms with Crippen LogP contribution in [-0.2, 0) is 14.6 Å². The van der Waals surface area contributed by atoms with Crippen molar-refractivity contribution in [2.45, 2.75) is 24.6 Å². The number of nitriles is 1. The van der Waals surface area contributed by atoms with E-state index in [2.05, 4.69) is 22.4 Å². The molecule has 0 fully saturated rings. The number of aromatic nitrogens is 2. The van der Waals surface area contributed by atoms with Crippen molar-refractivity contribution in [3.8, 4) is 23.3 Å². The van der Waals surface area contributed by atoms with Crippen molar-refractivity contribution in [1.82, 2.24) is 10.2 Å². The van der Waals surface area contributed by atoms with Gasteiger partial charge in [-0.3, -0.25) is 10.1 Å². The molecule has 3 rings (SSSR count). The number of anilines is 1. The number of sulfone groups is 1. The maximum absolute atomic E-state index is 12.5. The molecule has 0 atom stereocenters. The summed E-state index contributed by atoms with van der Waals surface area (Å²) >= 11 is 0.697. The summed E-state index contributed by atoms with van der Waals surface area (Å²) in [6.07, 6.45) is 3.02. The summed E-state index contributed by atoms with van der Waals surface area (Å²) in [5.41, 5.74) is 2.70. The fourth-order valence-corrected chi connectivity index (χ4v) is 4.52. The number of methoxy groups -OCH3 is 1. The Morgan fingerprint density at radius 1 is 1.08 bits per heavy atom. The zero-order valence-corrected chi connectivity index (χ0v) is 22.4. The fourth-order valence-electron chi connectivity index (χ4n) is 3.02. The van der Waals surface area contributed by atoms with E-state index >= 15 is 0 Å². The first kappa shape index (κ1) is 27.6. The van der Waals surface area contributed by atoms with Crippen LogP contribution in [0.5, 0.6) is 17.2 Å². The number of carbonyl (C=O) groups is 1. The minimum Gasteiger partial charge on any atom is -0.493 e. The number of nitrogens with one attached hydrogen (secondary N) is 1. The highest BCUT2D eigenvalue weighted by molar-refractivity contribution is 7.92. The fraction of sp³-hybridized carbons (Fsp3) is 0.280. The van der Waals surface area contributed by atoms with Gasteiger partial charge in [-0.05, 0) is 60.9 Å². The number of benzene rings is 2. The number of hydrogen-bond donors (Lipinski definition) is 1. The Kier molecular flexibility index (Phi) is 9.21. The Morgan fingerprint density at radius 3 is 2.49 bits per heavy atom. The van der Waals surface area contributed by atoms with E-state index in [0.29, 0.717) is 48.0 Å². The van der Waals surface area contributed by atoms with Gasteiger partial charge in [0.1, 0.15) is 17.4 Å². The summed E-state index contributed by atoms with van der Waals surface area (Å²) < 4.78 is 39.8. The Hall–Kier alpha value is -3.95. The van der Waals surface area contributed by atoms with Crippen molar-refractivity contribution in [2.24, 2.45) is 0 Å². The van der Waals surface area contributed by atoms with Gasteiger partial charge in [0.15, 0.2) is 11.5 Å². The Labute approximate surface area is 219 Å². The highest BCUT2D eigenvalue weighted by Crippen LogP contribution is 2.29. The van der Waals surface area contributed by atoms with Gasteiger partial charge in [-0.25, -0.2) is 8.42 Å². The molecule has 3 aromatic rings. The lowest BCUT2D eigenvalue weighted by molar-refractivity contribution is -0.112. The minimum atomic E-state index is -3.55. The van der Waals surface area contributed by atoms with Gasteiger partial charge in [-0.2, -0.15) is 5.26 Å². The lowest BCUT2D eigenvalue weighted by Crippen LogP contribution is -2.13. The standard InChI is InChI=1S/C25H26N4O6S2/c1-16-6-8-20(12-17(16)2)34-10-5-11-35-21-9-7-18(14-22(21)33-3)13-19(15-26)23(30)27-24-28-29-25(36-24)37(4,31)32/h6-9,12-14H,5,10-11H2,1-4H3,(H,27,28,30). The van der Waals surface area contributed by atoms with E-state index in [1.807, 2.05) is 31.2 Å². The van der Waals surface area contributed by atoms with Crippen LogP contribution in [0.1, 0.15) is 23.1 Å². The summed E-state index contributed by atoms with van der Waals surface area (Å²) in [6.45, 7) is 4.99. The third kappa shape index (κ3) is 7.77. The number of nitrogens with zero attached hydrogens (tertiary/aromatic N) is 3. The smallest absolute Gasteiger partial charge is 0.268 e. The first-order valence-corrected chi connectivity index (χ1v) is 13.8. The van der Waals surface area contributed by atoms with Gasteiger partial charge >= 0.3 is 0 Å². The lowest BCUT2D eigenvalue weighted by Gasteiger charge is -2.12. The van der Waals surface area contributed by atoms with E-state index in [-0.39, 0.29) is 15.0 Å². The van der Waals surface area contributed by atoms with Crippen molar-refractivity contribution in [1.29, 1.82) is 5.26 Å². The van der Waals surface area contributed by atoms with Crippen molar-refractivity contribution in [2.75, 3.05) is 31.9 Å². The average molecular weight is 543 g/mol. The molecule has 0 radical (unpaired) electrons. The summed E-state index contributed by atoms with van der Waals surface area (Å²) in [7, 11) is -2.06. The highest BCUT2D eigenvalue weighted by atomic mass is 32.2. The first-order chi connectivity index (χ1) is 17.6. The predicted molar refractivity (Wildman–Crippen MR) is 140 cm³/mol. The van der Waals surface area contributed by atoms with Gasteiger partial charge in [-0.1, -0.05) is 23.5 Å². The molecule has 0 saturated heterocycles. The molecule has 37 heavy (non-hydrogen) atoms. The van der Waals surface area contributed by atoms with Crippen LogP contribution in [0.4, 0.5) is 5.13 Å². The molecule has 0 saturated carbocycles. The average Bonchev–Trinajstić information content (AvgIpc) is 3.34. The van der Waals surface area contributed by atoms with Crippen LogP contribution in [0.15, 0.2) is 46.3 Å². The normalized spacial score (nSPS) is 11.5. The van der Waals surface area contributed by atoms with E-state index in [1.54, 1.807) is 18.2 Å². The molecule has 1 aromatic heterocycles. The molecular formula is C25H26N4O6S2. The topological polar surface area (TPSA) is 140 Å². The monoisotopic (exact) mass is 542 g/mol. The van der Waals surface area contributed by atoms with Crippen LogP contribution in [0.2, 0.25) is 0 Å². The number of rotatable bonds is 11. The molecule has 0 aliphatic heterocycles. The van der Waals surface area contributed by atoms with Gasteiger partial charge in [0.2, 0.25) is 19.3 Å². The molecule has 2 aromatic carbocycles. The number of aryl methyl sites for hydroxylation is 2. The van der Waals surface area contributed by atoms with Crippen LogP contribution in [0.3, 0.4) is 0 Å². The Balaban J connectivity index is 1.59. The number of carbonyl (C=O) groups excluding carboxylic acids is 1. The quantitative estimate of drug-likeness (QED) is 0.165. The van der Waals surface area contributed by atoms with Crippen LogP contribution in [0, 0.1) is 25.2 Å². The van der Waals surface area contributed by atoms with Gasteiger partial charge in [0.05, 0.1) is 20.3 Å². The zero-order valence-electron chi connectivity index (χ0n) is 20.8.